The van der Waals surface area contributed by atoms with Crippen molar-refractivity contribution in [3.63, 3.8) is 0 Å². The summed E-state index contributed by atoms with van der Waals surface area (Å²) in [7, 11) is 3.06. The van der Waals surface area contributed by atoms with Crippen molar-refractivity contribution in [1.82, 2.24) is 0 Å². The van der Waals surface area contributed by atoms with Crippen LogP contribution in [-0.2, 0) is 9.59 Å². The smallest absolute Gasteiger partial charge is 0.255 e. The van der Waals surface area contributed by atoms with Gasteiger partial charge in [0, 0.05) is 11.6 Å². The van der Waals surface area contributed by atoms with E-state index < -0.39 is 0 Å². The highest BCUT2D eigenvalue weighted by Crippen LogP contribution is 2.53. The van der Waals surface area contributed by atoms with E-state index in [1.54, 1.807) is 42.5 Å². The van der Waals surface area contributed by atoms with Crippen molar-refractivity contribution >= 4 is 29.1 Å². The van der Waals surface area contributed by atoms with Gasteiger partial charge in [0.15, 0.2) is 0 Å². The highest BCUT2D eigenvalue weighted by molar-refractivity contribution is 6.23. The topological polar surface area (TPSA) is 84.9 Å². The molecule has 3 aliphatic rings. The summed E-state index contributed by atoms with van der Waals surface area (Å²) in [5.74, 6) is 0.0834. The zero-order valence-electron chi connectivity index (χ0n) is 17.2. The molecule has 2 bridgehead atoms. The maximum atomic E-state index is 13.1. The van der Waals surface area contributed by atoms with Gasteiger partial charge >= 0.3 is 0 Å². The zero-order valence-corrected chi connectivity index (χ0v) is 17.2. The quantitative estimate of drug-likeness (QED) is 0.595. The molecule has 2 aromatic rings. The first-order valence-electron chi connectivity index (χ1n) is 10.2. The molecule has 2 aromatic carbocycles. The van der Waals surface area contributed by atoms with Crippen molar-refractivity contribution in [1.29, 1.82) is 0 Å². The fourth-order valence-electron chi connectivity index (χ4n) is 5.05. The third kappa shape index (κ3) is 3.00. The summed E-state index contributed by atoms with van der Waals surface area (Å²) in [6.07, 6.45) is 5.00. The third-order valence-corrected chi connectivity index (χ3v) is 6.49. The van der Waals surface area contributed by atoms with E-state index in [0.29, 0.717) is 28.4 Å². The first-order valence-corrected chi connectivity index (χ1v) is 10.2. The second-order valence-corrected chi connectivity index (χ2v) is 8.08. The molecule has 0 aromatic heterocycles. The standard InChI is InChI=1S/C24H22N2O5/c1-30-17-8-9-19(31-2)18(12-17)25-22(27)15-4-3-5-16(11-15)26-23(28)20-13-6-7-14(10-13)21(20)24(26)29/h3-9,11-14,20-21H,10H2,1-2H3,(H,25,27)/t13-,14-,20-,21-/m0/s1. The van der Waals surface area contributed by atoms with Crippen LogP contribution in [0, 0.1) is 23.7 Å². The molecular weight excluding hydrogens is 396 g/mol. The van der Waals surface area contributed by atoms with Crippen LogP contribution in [-0.4, -0.2) is 31.9 Å². The maximum Gasteiger partial charge on any atom is 0.255 e. The molecule has 1 saturated carbocycles. The van der Waals surface area contributed by atoms with Gasteiger partial charge in [-0.05, 0) is 48.6 Å². The van der Waals surface area contributed by atoms with Crippen LogP contribution in [0.15, 0.2) is 54.6 Å². The summed E-state index contributed by atoms with van der Waals surface area (Å²) < 4.78 is 10.5. The fourth-order valence-corrected chi connectivity index (χ4v) is 5.05. The number of ether oxygens (including phenoxy) is 2. The van der Waals surface area contributed by atoms with Crippen molar-refractivity contribution in [2.45, 2.75) is 6.42 Å². The van der Waals surface area contributed by atoms with Crippen molar-refractivity contribution in [2.75, 3.05) is 24.4 Å². The summed E-state index contributed by atoms with van der Waals surface area (Å²) in [6.45, 7) is 0. The summed E-state index contributed by atoms with van der Waals surface area (Å²) in [5, 5.41) is 2.81. The monoisotopic (exact) mass is 418 g/mol. The molecule has 7 heteroatoms. The van der Waals surface area contributed by atoms with Crippen LogP contribution in [0.5, 0.6) is 11.5 Å². The number of benzene rings is 2. The van der Waals surface area contributed by atoms with Crippen LogP contribution in [0.1, 0.15) is 16.8 Å². The van der Waals surface area contributed by atoms with Crippen molar-refractivity contribution < 1.29 is 23.9 Å². The molecule has 0 unspecified atom stereocenters. The summed E-state index contributed by atoms with van der Waals surface area (Å²) >= 11 is 0. The van der Waals surface area contributed by atoms with Crippen LogP contribution in [0.4, 0.5) is 11.4 Å². The molecule has 1 N–H and O–H groups in total. The largest absolute Gasteiger partial charge is 0.497 e. The Bertz CT molecular complexity index is 1090. The van der Waals surface area contributed by atoms with Crippen LogP contribution >= 0.6 is 0 Å². The van der Waals surface area contributed by atoms with Crippen molar-refractivity contribution in [3.05, 3.63) is 60.2 Å². The Labute approximate surface area is 179 Å². The minimum Gasteiger partial charge on any atom is -0.497 e. The number of rotatable bonds is 5. The van der Waals surface area contributed by atoms with E-state index >= 15 is 0 Å². The molecule has 5 rings (SSSR count). The Morgan fingerprint density at radius 2 is 1.68 bits per heavy atom. The molecule has 0 radical (unpaired) electrons. The number of hydrogen-bond acceptors (Lipinski definition) is 5. The lowest BCUT2D eigenvalue weighted by Crippen LogP contribution is -2.33. The van der Waals surface area contributed by atoms with E-state index in [0.717, 1.165) is 6.42 Å². The van der Waals surface area contributed by atoms with E-state index in [4.69, 9.17) is 9.47 Å². The molecule has 3 amide bonds. The number of fused-ring (bicyclic) bond motifs is 5. The van der Waals surface area contributed by atoms with E-state index in [1.807, 2.05) is 0 Å². The van der Waals surface area contributed by atoms with Crippen molar-refractivity contribution in [2.24, 2.45) is 23.7 Å². The highest BCUT2D eigenvalue weighted by atomic mass is 16.5. The Balaban J connectivity index is 1.41. The van der Waals surface area contributed by atoms with Crippen LogP contribution in [0.2, 0.25) is 0 Å². The van der Waals surface area contributed by atoms with Gasteiger partial charge in [0.05, 0.1) is 37.4 Å². The molecule has 2 fully saturated rings. The number of methoxy groups -OCH3 is 2. The third-order valence-electron chi connectivity index (χ3n) is 6.49. The summed E-state index contributed by atoms with van der Waals surface area (Å²) in [4.78, 5) is 40.3. The van der Waals surface area contributed by atoms with Crippen LogP contribution in [0.3, 0.4) is 0 Å². The van der Waals surface area contributed by atoms with Gasteiger partial charge in [-0.1, -0.05) is 18.2 Å². The van der Waals surface area contributed by atoms with Gasteiger partial charge in [-0.2, -0.15) is 0 Å². The predicted molar refractivity (Wildman–Crippen MR) is 114 cm³/mol. The number of amides is 3. The van der Waals surface area contributed by atoms with E-state index in [1.165, 1.54) is 19.1 Å². The highest BCUT2D eigenvalue weighted by Gasteiger charge is 2.59. The Morgan fingerprint density at radius 1 is 0.968 bits per heavy atom. The summed E-state index contributed by atoms with van der Waals surface area (Å²) in [6, 6.07) is 11.7. The molecule has 2 aliphatic carbocycles. The molecule has 0 spiro atoms. The first kappa shape index (κ1) is 19.4. The van der Waals surface area contributed by atoms with Gasteiger partial charge in [-0.25, -0.2) is 4.90 Å². The van der Waals surface area contributed by atoms with Gasteiger partial charge in [-0.3, -0.25) is 14.4 Å². The lowest BCUT2D eigenvalue weighted by Gasteiger charge is -2.18. The van der Waals surface area contributed by atoms with Gasteiger partial charge in [0.25, 0.3) is 5.91 Å². The minimum atomic E-state index is -0.380. The number of imide groups is 1. The number of carbonyl (C=O) groups excluding carboxylic acids is 3. The molecular formula is C24H22N2O5. The van der Waals surface area contributed by atoms with Gasteiger partial charge < -0.3 is 14.8 Å². The summed E-state index contributed by atoms with van der Waals surface area (Å²) in [5.41, 5.74) is 1.22. The lowest BCUT2D eigenvalue weighted by atomic mass is 9.85. The maximum absolute atomic E-state index is 13.1. The number of nitrogens with one attached hydrogen (secondary N) is 1. The van der Waals surface area contributed by atoms with E-state index in [9.17, 15) is 14.4 Å². The number of allylic oxidation sites excluding steroid dienone is 2. The minimum absolute atomic E-state index is 0.142. The van der Waals surface area contributed by atoms with Crippen LogP contribution in [0.25, 0.3) is 0 Å². The predicted octanol–water partition coefficient (Wildman–Crippen LogP) is 3.27. The average Bonchev–Trinajstić information content (AvgIpc) is 3.47. The van der Waals surface area contributed by atoms with Gasteiger partial charge in [0.2, 0.25) is 11.8 Å². The van der Waals surface area contributed by atoms with Gasteiger partial charge in [0.1, 0.15) is 11.5 Å². The van der Waals surface area contributed by atoms with E-state index in [2.05, 4.69) is 17.5 Å². The molecule has 158 valence electrons. The second-order valence-electron chi connectivity index (χ2n) is 8.08. The SMILES string of the molecule is COc1ccc(OC)c(NC(=O)c2cccc(N3C(=O)[C@@H]4[C@@H](C3=O)[C@H]3C=C[C@H]4C3)c2)c1. The van der Waals surface area contributed by atoms with E-state index in [-0.39, 0.29) is 41.4 Å². The number of anilines is 2. The molecule has 1 aliphatic heterocycles. The lowest BCUT2D eigenvalue weighted by molar-refractivity contribution is -0.123. The number of carbonyl (C=O) groups is 3. The number of hydrogen-bond donors (Lipinski definition) is 1. The number of nitrogens with zero attached hydrogens (tertiary/aromatic N) is 1. The van der Waals surface area contributed by atoms with Crippen LogP contribution < -0.4 is 19.7 Å². The molecule has 7 nitrogen and oxygen atoms in total. The van der Waals surface area contributed by atoms with Gasteiger partial charge in [-0.15, -0.1) is 0 Å². The Kier molecular flexibility index (Phi) is 4.54. The molecule has 1 saturated heterocycles. The Morgan fingerprint density at radius 3 is 2.32 bits per heavy atom. The average molecular weight is 418 g/mol. The Hall–Kier alpha value is -3.61. The normalized spacial score (nSPS) is 25.7. The van der Waals surface area contributed by atoms with Crippen molar-refractivity contribution in [3.8, 4) is 11.5 Å². The molecule has 1 heterocycles. The second kappa shape index (κ2) is 7.27. The fraction of sp³-hybridized carbons (Fsp3) is 0.292. The first-order chi connectivity index (χ1) is 15.0. The zero-order chi connectivity index (χ0) is 21.7. The molecule has 31 heavy (non-hydrogen) atoms. The molecule has 4 atom stereocenters.